The molecule has 0 saturated carbocycles. The zero-order valence-corrected chi connectivity index (χ0v) is 19.8. The van der Waals surface area contributed by atoms with Gasteiger partial charge in [0.15, 0.2) is 0 Å². The molecule has 1 aliphatic rings. The summed E-state index contributed by atoms with van der Waals surface area (Å²) in [5.74, 6) is 3.09. The Labute approximate surface area is 199 Å². The van der Waals surface area contributed by atoms with E-state index in [-0.39, 0.29) is 11.8 Å². The number of aromatic nitrogens is 2. The van der Waals surface area contributed by atoms with Gasteiger partial charge in [0.25, 0.3) is 5.91 Å². The molecule has 7 heteroatoms. The molecule has 4 rings (SSSR count). The van der Waals surface area contributed by atoms with Crippen LogP contribution in [0.3, 0.4) is 0 Å². The number of carbonyl (C=O) groups is 2. The van der Waals surface area contributed by atoms with E-state index in [0.717, 1.165) is 34.8 Å². The van der Waals surface area contributed by atoms with E-state index >= 15 is 0 Å². The van der Waals surface area contributed by atoms with Crippen molar-refractivity contribution in [1.29, 1.82) is 0 Å². The van der Waals surface area contributed by atoms with Crippen molar-refractivity contribution < 1.29 is 9.59 Å². The Kier molecular flexibility index (Phi) is 7.83. The van der Waals surface area contributed by atoms with Gasteiger partial charge in [-0.15, -0.1) is 0 Å². The molecule has 0 saturated heterocycles. The normalized spacial score (nSPS) is 13.1. The van der Waals surface area contributed by atoms with Crippen LogP contribution in [0.4, 0.5) is 5.82 Å². The first-order chi connectivity index (χ1) is 16.2. The SMILES string of the molecule is CCCSCCCNC(=O)c1ccc(CN2C(=O)CCn3nc(-c4ccccc4)cc32)cc1. The Morgan fingerprint density at radius 3 is 2.64 bits per heavy atom. The van der Waals surface area contributed by atoms with Gasteiger partial charge >= 0.3 is 0 Å². The van der Waals surface area contributed by atoms with Crippen molar-refractivity contribution in [3.05, 3.63) is 71.8 Å². The van der Waals surface area contributed by atoms with Crippen LogP contribution in [0.2, 0.25) is 0 Å². The number of benzene rings is 2. The lowest BCUT2D eigenvalue weighted by molar-refractivity contribution is -0.119. The molecule has 2 amide bonds. The average molecular weight is 463 g/mol. The fourth-order valence-corrected chi connectivity index (χ4v) is 4.68. The number of rotatable bonds is 10. The number of carbonyl (C=O) groups excluding carboxylic acids is 2. The number of anilines is 1. The minimum atomic E-state index is -0.0540. The largest absolute Gasteiger partial charge is 0.352 e. The van der Waals surface area contributed by atoms with Crippen molar-refractivity contribution in [2.24, 2.45) is 0 Å². The summed E-state index contributed by atoms with van der Waals surface area (Å²) < 4.78 is 1.91. The van der Waals surface area contributed by atoms with Gasteiger partial charge < -0.3 is 5.32 Å². The number of amides is 2. The second-order valence-corrected chi connectivity index (χ2v) is 9.35. The van der Waals surface area contributed by atoms with Gasteiger partial charge in [-0.3, -0.25) is 14.5 Å². The Hall–Kier alpha value is -3.06. The van der Waals surface area contributed by atoms with E-state index in [1.54, 1.807) is 4.90 Å². The maximum absolute atomic E-state index is 12.7. The Balaban J connectivity index is 1.39. The minimum Gasteiger partial charge on any atom is -0.352 e. The summed E-state index contributed by atoms with van der Waals surface area (Å²) >= 11 is 1.93. The number of hydrogen-bond acceptors (Lipinski definition) is 4. The predicted molar refractivity (Wildman–Crippen MR) is 134 cm³/mol. The van der Waals surface area contributed by atoms with Gasteiger partial charge in [-0.25, -0.2) is 4.68 Å². The topological polar surface area (TPSA) is 67.2 Å². The monoisotopic (exact) mass is 462 g/mol. The first kappa shape index (κ1) is 23.1. The molecule has 1 N–H and O–H groups in total. The van der Waals surface area contributed by atoms with Gasteiger partial charge in [-0.2, -0.15) is 16.9 Å². The maximum atomic E-state index is 12.7. The summed E-state index contributed by atoms with van der Waals surface area (Å²) in [4.78, 5) is 26.9. The lowest BCUT2D eigenvalue weighted by atomic mass is 10.1. The molecule has 0 bridgehead atoms. The molecule has 0 atom stereocenters. The minimum absolute atomic E-state index is 0.0540. The highest BCUT2D eigenvalue weighted by Crippen LogP contribution is 2.29. The Bertz CT molecular complexity index is 1080. The first-order valence-electron chi connectivity index (χ1n) is 11.5. The third kappa shape index (κ3) is 5.85. The summed E-state index contributed by atoms with van der Waals surface area (Å²) in [5, 5.41) is 7.69. The molecule has 33 heavy (non-hydrogen) atoms. The molecule has 3 aromatic rings. The molecule has 1 aliphatic heterocycles. The van der Waals surface area contributed by atoms with Gasteiger partial charge in [0, 0.05) is 30.2 Å². The van der Waals surface area contributed by atoms with Crippen LogP contribution in [0.25, 0.3) is 11.3 Å². The van der Waals surface area contributed by atoms with Crippen molar-refractivity contribution in [1.82, 2.24) is 15.1 Å². The van der Waals surface area contributed by atoms with Crippen molar-refractivity contribution in [3.63, 3.8) is 0 Å². The second-order valence-electron chi connectivity index (χ2n) is 8.13. The van der Waals surface area contributed by atoms with Crippen LogP contribution in [0.15, 0.2) is 60.7 Å². The first-order valence-corrected chi connectivity index (χ1v) is 12.7. The van der Waals surface area contributed by atoms with Gasteiger partial charge in [0.1, 0.15) is 5.82 Å². The molecular formula is C26H30N4O2S. The van der Waals surface area contributed by atoms with E-state index in [2.05, 4.69) is 12.2 Å². The third-order valence-electron chi connectivity index (χ3n) is 5.60. The highest BCUT2D eigenvalue weighted by molar-refractivity contribution is 7.99. The summed E-state index contributed by atoms with van der Waals surface area (Å²) in [6.45, 7) is 3.91. The van der Waals surface area contributed by atoms with Crippen molar-refractivity contribution >= 4 is 29.4 Å². The van der Waals surface area contributed by atoms with Gasteiger partial charge in [0.2, 0.25) is 5.91 Å². The summed E-state index contributed by atoms with van der Waals surface area (Å²) in [7, 11) is 0. The summed E-state index contributed by atoms with van der Waals surface area (Å²) in [6.07, 6.45) is 2.59. The molecule has 1 aromatic heterocycles. The molecule has 0 radical (unpaired) electrons. The lowest BCUT2D eigenvalue weighted by Crippen LogP contribution is -2.36. The van der Waals surface area contributed by atoms with E-state index in [0.29, 0.717) is 31.6 Å². The zero-order chi connectivity index (χ0) is 23.0. The molecule has 0 unspecified atom stereocenters. The molecular weight excluding hydrogens is 432 g/mol. The Morgan fingerprint density at radius 2 is 1.88 bits per heavy atom. The van der Waals surface area contributed by atoms with Crippen LogP contribution < -0.4 is 10.2 Å². The van der Waals surface area contributed by atoms with E-state index in [4.69, 9.17) is 5.10 Å². The quantitative estimate of drug-likeness (QED) is 0.442. The summed E-state index contributed by atoms with van der Waals surface area (Å²) in [5.41, 5.74) is 3.52. The van der Waals surface area contributed by atoms with Gasteiger partial charge in [-0.05, 0) is 42.0 Å². The average Bonchev–Trinajstić information content (AvgIpc) is 3.29. The molecule has 0 aliphatic carbocycles. The van der Waals surface area contributed by atoms with E-state index in [1.807, 2.05) is 77.1 Å². The van der Waals surface area contributed by atoms with E-state index < -0.39 is 0 Å². The second kappa shape index (κ2) is 11.2. The number of fused-ring (bicyclic) bond motifs is 1. The number of nitrogens with zero attached hydrogens (tertiary/aromatic N) is 3. The molecule has 0 fully saturated rings. The van der Waals surface area contributed by atoms with Crippen LogP contribution in [-0.4, -0.2) is 39.6 Å². The fraction of sp³-hybridized carbons (Fsp3) is 0.346. The highest BCUT2D eigenvalue weighted by Gasteiger charge is 2.26. The smallest absolute Gasteiger partial charge is 0.251 e. The molecule has 2 heterocycles. The maximum Gasteiger partial charge on any atom is 0.251 e. The number of hydrogen-bond donors (Lipinski definition) is 1. The van der Waals surface area contributed by atoms with Crippen LogP contribution in [0, 0.1) is 0 Å². The molecule has 172 valence electrons. The lowest BCUT2D eigenvalue weighted by Gasteiger charge is -2.27. The number of aryl methyl sites for hydroxylation is 1. The number of thioether (sulfide) groups is 1. The van der Waals surface area contributed by atoms with Gasteiger partial charge in [0.05, 0.1) is 18.8 Å². The number of nitrogens with one attached hydrogen (secondary N) is 1. The van der Waals surface area contributed by atoms with Crippen molar-refractivity contribution in [2.75, 3.05) is 23.0 Å². The fourth-order valence-electron chi connectivity index (χ4n) is 3.84. The van der Waals surface area contributed by atoms with Crippen LogP contribution in [-0.2, 0) is 17.9 Å². The standard InChI is InChI=1S/C26H30N4O2S/c1-2-16-33-17-6-14-27-26(32)22-11-9-20(10-12-22)19-29-24-18-23(21-7-4-3-5-8-21)28-30(24)15-13-25(29)31/h3-5,7-12,18H,2,6,13-17,19H2,1H3,(H,27,32). The van der Waals surface area contributed by atoms with Crippen LogP contribution in [0.5, 0.6) is 0 Å². The summed E-state index contributed by atoms with van der Waals surface area (Å²) in [6, 6.07) is 19.5. The predicted octanol–water partition coefficient (Wildman–Crippen LogP) is 4.75. The third-order valence-corrected chi connectivity index (χ3v) is 6.87. The van der Waals surface area contributed by atoms with Crippen molar-refractivity contribution in [2.45, 2.75) is 39.3 Å². The molecule has 6 nitrogen and oxygen atoms in total. The van der Waals surface area contributed by atoms with Crippen molar-refractivity contribution in [3.8, 4) is 11.3 Å². The Morgan fingerprint density at radius 1 is 1.09 bits per heavy atom. The highest BCUT2D eigenvalue weighted by atomic mass is 32.2. The van der Waals surface area contributed by atoms with E-state index in [9.17, 15) is 9.59 Å². The van der Waals surface area contributed by atoms with Gasteiger partial charge in [-0.1, -0.05) is 49.4 Å². The molecule has 0 spiro atoms. The van der Waals surface area contributed by atoms with E-state index in [1.165, 1.54) is 12.2 Å². The zero-order valence-electron chi connectivity index (χ0n) is 19.0. The van der Waals surface area contributed by atoms with Crippen LogP contribution in [0.1, 0.15) is 42.1 Å². The molecule has 2 aromatic carbocycles. The van der Waals surface area contributed by atoms with Crippen LogP contribution >= 0.6 is 11.8 Å².